The number of anilines is 1. The van der Waals surface area contributed by atoms with Gasteiger partial charge in [-0.25, -0.2) is 8.42 Å². The number of hydrogen-bond donors (Lipinski definition) is 1. The van der Waals surface area contributed by atoms with Crippen molar-refractivity contribution in [1.82, 2.24) is 4.31 Å². The largest absolute Gasteiger partial charge is 0.398 e. The van der Waals surface area contributed by atoms with Crippen LogP contribution in [0.3, 0.4) is 0 Å². The first-order chi connectivity index (χ1) is 8.67. The predicted molar refractivity (Wildman–Crippen MR) is 79.5 cm³/mol. The van der Waals surface area contributed by atoms with Gasteiger partial charge in [-0.3, -0.25) is 0 Å². The third-order valence-electron chi connectivity index (χ3n) is 3.03. The van der Waals surface area contributed by atoms with Gasteiger partial charge in [-0.05, 0) is 44.4 Å². The Labute approximate surface area is 116 Å². The van der Waals surface area contributed by atoms with Crippen molar-refractivity contribution in [3.8, 4) is 0 Å². The Hall–Kier alpha value is -1.07. The van der Waals surface area contributed by atoms with Crippen molar-refractivity contribution < 1.29 is 8.42 Å². The van der Waals surface area contributed by atoms with Crippen molar-refractivity contribution in [2.75, 3.05) is 12.3 Å². The van der Waals surface area contributed by atoms with E-state index in [0.717, 1.165) is 0 Å². The molecule has 0 aliphatic carbocycles. The maximum absolute atomic E-state index is 12.8. The molecule has 1 rings (SSSR count). The molecule has 0 aliphatic heterocycles. The van der Waals surface area contributed by atoms with Crippen LogP contribution in [-0.4, -0.2) is 25.3 Å². The van der Waals surface area contributed by atoms with E-state index in [1.807, 2.05) is 27.7 Å². The standard InChI is InChI=1S/C14H24N2O2S/c1-10(2)9-16(11(3)4)19(17,18)14-8-6-7-13(15)12(14)5/h6-8,10-11H,9,15H2,1-5H3. The normalized spacial score (nSPS) is 12.6. The van der Waals surface area contributed by atoms with Crippen LogP contribution in [0.5, 0.6) is 0 Å². The summed E-state index contributed by atoms with van der Waals surface area (Å²) >= 11 is 0. The van der Waals surface area contributed by atoms with Crippen LogP contribution in [0.2, 0.25) is 0 Å². The van der Waals surface area contributed by atoms with E-state index in [9.17, 15) is 8.42 Å². The molecule has 0 atom stereocenters. The summed E-state index contributed by atoms with van der Waals surface area (Å²) in [6, 6.07) is 4.95. The summed E-state index contributed by atoms with van der Waals surface area (Å²) in [6.07, 6.45) is 0. The summed E-state index contributed by atoms with van der Waals surface area (Å²) in [5, 5.41) is 0. The average molecular weight is 284 g/mol. The van der Waals surface area contributed by atoms with Crippen molar-refractivity contribution in [2.45, 2.75) is 45.6 Å². The number of benzene rings is 1. The fourth-order valence-electron chi connectivity index (χ4n) is 1.98. The van der Waals surface area contributed by atoms with E-state index in [-0.39, 0.29) is 12.0 Å². The van der Waals surface area contributed by atoms with Gasteiger partial charge in [-0.2, -0.15) is 4.31 Å². The molecule has 0 amide bonds. The molecule has 4 nitrogen and oxygen atoms in total. The Kier molecular flexibility index (Phi) is 4.98. The third-order valence-corrected chi connectivity index (χ3v) is 5.22. The SMILES string of the molecule is Cc1c(N)cccc1S(=O)(=O)N(CC(C)C)C(C)C. The molecule has 1 aromatic carbocycles. The summed E-state index contributed by atoms with van der Waals surface area (Å²) < 4.78 is 27.0. The van der Waals surface area contributed by atoms with Gasteiger partial charge in [0.25, 0.3) is 0 Å². The molecule has 108 valence electrons. The molecule has 0 aromatic heterocycles. The molecule has 0 saturated carbocycles. The zero-order chi connectivity index (χ0) is 14.8. The number of nitrogens with two attached hydrogens (primary N) is 1. The van der Waals surface area contributed by atoms with E-state index < -0.39 is 10.0 Å². The second-order valence-electron chi connectivity index (χ2n) is 5.53. The van der Waals surface area contributed by atoms with Crippen LogP contribution >= 0.6 is 0 Å². The molecule has 0 aliphatic rings. The maximum Gasteiger partial charge on any atom is 0.243 e. The van der Waals surface area contributed by atoms with Crippen molar-refractivity contribution in [1.29, 1.82) is 0 Å². The van der Waals surface area contributed by atoms with Crippen molar-refractivity contribution >= 4 is 15.7 Å². The van der Waals surface area contributed by atoms with E-state index in [4.69, 9.17) is 5.73 Å². The van der Waals surface area contributed by atoms with Gasteiger partial charge in [-0.15, -0.1) is 0 Å². The minimum Gasteiger partial charge on any atom is -0.398 e. The zero-order valence-electron chi connectivity index (χ0n) is 12.3. The number of rotatable bonds is 5. The first kappa shape index (κ1) is 16.0. The van der Waals surface area contributed by atoms with Crippen molar-refractivity contribution in [2.24, 2.45) is 5.92 Å². The highest BCUT2D eigenvalue weighted by molar-refractivity contribution is 7.89. The second-order valence-corrected chi connectivity index (χ2v) is 7.39. The highest BCUT2D eigenvalue weighted by Crippen LogP contribution is 2.25. The molecule has 19 heavy (non-hydrogen) atoms. The topological polar surface area (TPSA) is 63.4 Å². The molecule has 0 heterocycles. The monoisotopic (exact) mass is 284 g/mol. The van der Waals surface area contributed by atoms with Gasteiger partial charge in [0.05, 0.1) is 4.90 Å². The maximum atomic E-state index is 12.8. The molecule has 0 radical (unpaired) electrons. The molecular formula is C14H24N2O2S. The van der Waals surface area contributed by atoms with Crippen LogP contribution in [0.1, 0.15) is 33.3 Å². The van der Waals surface area contributed by atoms with Crippen LogP contribution in [-0.2, 0) is 10.0 Å². The zero-order valence-corrected chi connectivity index (χ0v) is 13.2. The predicted octanol–water partition coefficient (Wildman–Crippen LogP) is 2.63. The number of nitrogens with zero attached hydrogens (tertiary/aromatic N) is 1. The fourth-order valence-corrected chi connectivity index (χ4v) is 4.04. The molecule has 0 unspecified atom stereocenters. The third kappa shape index (κ3) is 3.48. The lowest BCUT2D eigenvalue weighted by Gasteiger charge is -2.28. The van der Waals surface area contributed by atoms with Crippen molar-refractivity contribution in [3.05, 3.63) is 23.8 Å². The molecule has 2 N–H and O–H groups in total. The van der Waals surface area contributed by atoms with E-state index in [1.165, 1.54) is 0 Å². The van der Waals surface area contributed by atoms with E-state index >= 15 is 0 Å². The summed E-state index contributed by atoms with van der Waals surface area (Å²) in [4.78, 5) is 0.307. The highest BCUT2D eigenvalue weighted by Gasteiger charge is 2.29. The first-order valence-electron chi connectivity index (χ1n) is 6.54. The Morgan fingerprint density at radius 2 is 1.79 bits per heavy atom. The summed E-state index contributed by atoms with van der Waals surface area (Å²) in [5.41, 5.74) is 6.94. The van der Waals surface area contributed by atoms with Crippen LogP contribution in [0.15, 0.2) is 23.1 Å². The molecule has 0 fully saturated rings. The molecule has 1 aromatic rings. The Morgan fingerprint density at radius 3 is 2.26 bits per heavy atom. The number of hydrogen-bond acceptors (Lipinski definition) is 3. The van der Waals surface area contributed by atoms with Gasteiger partial charge in [-0.1, -0.05) is 19.9 Å². The van der Waals surface area contributed by atoms with Gasteiger partial charge >= 0.3 is 0 Å². The van der Waals surface area contributed by atoms with Crippen LogP contribution in [0.25, 0.3) is 0 Å². The Balaban J connectivity index is 3.31. The van der Waals surface area contributed by atoms with Gasteiger partial charge in [0.15, 0.2) is 0 Å². The van der Waals surface area contributed by atoms with Crippen LogP contribution < -0.4 is 5.73 Å². The summed E-state index contributed by atoms with van der Waals surface area (Å²) in [6.45, 7) is 10.1. The molecule has 0 spiro atoms. The Morgan fingerprint density at radius 1 is 1.21 bits per heavy atom. The summed E-state index contributed by atoms with van der Waals surface area (Å²) in [7, 11) is -3.50. The minimum atomic E-state index is -3.50. The van der Waals surface area contributed by atoms with E-state index in [0.29, 0.717) is 22.7 Å². The van der Waals surface area contributed by atoms with Crippen LogP contribution in [0.4, 0.5) is 5.69 Å². The Bertz CT molecular complexity index is 536. The molecule has 5 heteroatoms. The first-order valence-corrected chi connectivity index (χ1v) is 7.98. The van der Waals surface area contributed by atoms with Gasteiger partial charge in [0.1, 0.15) is 0 Å². The van der Waals surface area contributed by atoms with Gasteiger partial charge in [0, 0.05) is 18.3 Å². The summed E-state index contributed by atoms with van der Waals surface area (Å²) in [5.74, 6) is 0.276. The molecule has 0 bridgehead atoms. The molecular weight excluding hydrogens is 260 g/mol. The van der Waals surface area contributed by atoms with Gasteiger partial charge in [0.2, 0.25) is 10.0 Å². The van der Waals surface area contributed by atoms with E-state index in [1.54, 1.807) is 29.4 Å². The quantitative estimate of drug-likeness (QED) is 0.845. The lowest BCUT2D eigenvalue weighted by molar-refractivity contribution is 0.319. The molecule has 0 saturated heterocycles. The van der Waals surface area contributed by atoms with Crippen LogP contribution in [0, 0.1) is 12.8 Å². The lowest BCUT2D eigenvalue weighted by atomic mass is 10.2. The number of nitrogen functional groups attached to an aromatic ring is 1. The van der Waals surface area contributed by atoms with E-state index in [2.05, 4.69) is 0 Å². The lowest BCUT2D eigenvalue weighted by Crippen LogP contribution is -2.39. The highest BCUT2D eigenvalue weighted by atomic mass is 32.2. The van der Waals surface area contributed by atoms with Crippen molar-refractivity contribution in [3.63, 3.8) is 0 Å². The number of sulfonamides is 1. The second kappa shape index (κ2) is 5.92. The smallest absolute Gasteiger partial charge is 0.243 e. The fraction of sp³-hybridized carbons (Fsp3) is 0.571. The minimum absolute atomic E-state index is 0.0757. The average Bonchev–Trinajstić information content (AvgIpc) is 2.28. The van der Waals surface area contributed by atoms with Gasteiger partial charge < -0.3 is 5.73 Å².